The number of hydrogen-bond donors (Lipinski definition) is 1. The molecule has 0 saturated carbocycles. The number of para-hydroxylation sites is 1. The summed E-state index contributed by atoms with van der Waals surface area (Å²) < 4.78 is 0. The van der Waals surface area contributed by atoms with Crippen molar-refractivity contribution >= 4 is 11.6 Å². The van der Waals surface area contributed by atoms with Gasteiger partial charge < -0.3 is 5.32 Å². The number of nitrogens with zero attached hydrogens (tertiary/aromatic N) is 3. The van der Waals surface area contributed by atoms with Crippen molar-refractivity contribution in [2.75, 3.05) is 5.32 Å². The van der Waals surface area contributed by atoms with Gasteiger partial charge in [0.05, 0.1) is 6.20 Å². The number of aryl methyl sites for hydroxylation is 1. The highest BCUT2D eigenvalue weighted by Crippen LogP contribution is 2.29. The van der Waals surface area contributed by atoms with E-state index in [1.807, 2.05) is 24.3 Å². The van der Waals surface area contributed by atoms with Crippen LogP contribution in [0.2, 0.25) is 0 Å². The quantitative estimate of drug-likeness (QED) is 0.899. The Labute approximate surface area is 112 Å². The molecule has 1 amide bonds. The Morgan fingerprint density at radius 1 is 1.26 bits per heavy atom. The first kappa shape index (κ1) is 13.3. The Balaban J connectivity index is 2.27. The summed E-state index contributed by atoms with van der Waals surface area (Å²) in [7, 11) is 1.68. The molecule has 0 fully saturated rings. The van der Waals surface area contributed by atoms with Crippen molar-refractivity contribution in [2.45, 2.75) is 26.2 Å². The minimum Gasteiger partial charge on any atom is -0.320 e. The summed E-state index contributed by atoms with van der Waals surface area (Å²) in [5, 5.41) is 10.8. The summed E-state index contributed by atoms with van der Waals surface area (Å²) in [4.78, 5) is 13.4. The zero-order chi connectivity index (χ0) is 14.0. The fourth-order valence-electron chi connectivity index (χ4n) is 1.88. The molecule has 0 aliphatic carbocycles. The molecule has 19 heavy (non-hydrogen) atoms. The first-order chi connectivity index (χ1) is 8.88. The predicted octanol–water partition coefficient (Wildman–Crippen LogP) is 2.36. The Morgan fingerprint density at radius 3 is 2.53 bits per heavy atom. The minimum absolute atomic E-state index is 0.0355. The molecular formula is C14H18N4O. The van der Waals surface area contributed by atoms with Gasteiger partial charge in [-0.05, 0) is 17.0 Å². The van der Waals surface area contributed by atoms with E-state index in [9.17, 15) is 4.79 Å². The number of aromatic nitrogens is 3. The van der Waals surface area contributed by atoms with Gasteiger partial charge in [0.15, 0.2) is 5.69 Å². The van der Waals surface area contributed by atoms with Crippen molar-refractivity contribution in [3.8, 4) is 0 Å². The maximum atomic E-state index is 12.1. The molecule has 0 atom stereocenters. The van der Waals surface area contributed by atoms with Crippen LogP contribution in [0.1, 0.15) is 36.8 Å². The van der Waals surface area contributed by atoms with E-state index in [4.69, 9.17) is 0 Å². The van der Waals surface area contributed by atoms with Crippen LogP contribution in [0, 0.1) is 0 Å². The van der Waals surface area contributed by atoms with Gasteiger partial charge in [0.25, 0.3) is 5.91 Å². The third kappa shape index (κ3) is 2.99. The Kier molecular flexibility index (Phi) is 3.38. The lowest BCUT2D eigenvalue weighted by Gasteiger charge is -2.22. The van der Waals surface area contributed by atoms with Crippen LogP contribution in [-0.4, -0.2) is 20.9 Å². The van der Waals surface area contributed by atoms with E-state index in [1.165, 1.54) is 11.0 Å². The van der Waals surface area contributed by atoms with Crippen molar-refractivity contribution < 1.29 is 4.79 Å². The molecule has 5 heteroatoms. The standard InChI is InChI=1S/C14H18N4O/c1-14(2,3)10-7-5-6-8-11(10)16-13(19)12-9-15-18(4)17-12/h5-9H,1-4H3,(H,16,19). The van der Waals surface area contributed by atoms with Gasteiger partial charge in [-0.2, -0.15) is 9.90 Å². The molecule has 1 heterocycles. The van der Waals surface area contributed by atoms with Crippen LogP contribution in [0.15, 0.2) is 30.5 Å². The van der Waals surface area contributed by atoms with E-state index in [2.05, 4.69) is 36.3 Å². The number of amides is 1. The van der Waals surface area contributed by atoms with Gasteiger partial charge in [-0.15, -0.1) is 5.10 Å². The van der Waals surface area contributed by atoms with E-state index in [0.29, 0.717) is 5.69 Å². The molecule has 2 aromatic rings. The van der Waals surface area contributed by atoms with Gasteiger partial charge in [0, 0.05) is 12.7 Å². The molecule has 0 spiro atoms. The number of anilines is 1. The van der Waals surface area contributed by atoms with Crippen LogP contribution in [0.3, 0.4) is 0 Å². The van der Waals surface area contributed by atoms with Crippen LogP contribution >= 0.6 is 0 Å². The number of nitrogens with one attached hydrogen (secondary N) is 1. The molecule has 5 nitrogen and oxygen atoms in total. The highest BCUT2D eigenvalue weighted by Gasteiger charge is 2.19. The Hall–Kier alpha value is -2.17. The predicted molar refractivity (Wildman–Crippen MR) is 74.1 cm³/mol. The number of benzene rings is 1. The van der Waals surface area contributed by atoms with Crippen LogP contribution in [0.5, 0.6) is 0 Å². The lowest BCUT2D eigenvalue weighted by atomic mass is 9.86. The van der Waals surface area contributed by atoms with Gasteiger partial charge in [-0.1, -0.05) is 39.0 Å². The number of carbonyl (C=O) groups is 1. The molecule has 1 aromatic carbocycles. The minimum atomic E-state index is -0.246. The van der Waals surface area contributed by atoms with Gasteiger partial charge in [0.2, 0.25) is 0 Å². The highest BCUT2D eigenvalue weighted by atomic mass is 16.2. The molecule has 0 unspecified atom stereocenters. The largest absolute Gasteiger partial charge is 0.320 e. The molecular weight excluding hydrogens is 240 g/mol. The van der Waals surface area contributed by atoms with Crippen LogP contribution in [0.4, 0.5) is 5.69 Å². The number of carbonyl (C=O) groups excluding carboxylic acids is 1. The number of rotatable bonds is 2. The summed E-state index contributed by atoms with van der Waals surface area (Å²) in [5.41, 5.74) is 2.18. The van der Waals surface area contributed by atoms with Gasteiger partial charge >= 0.3 is 0 Å². The normalized spacial score (nSPS) is 11.4. The smallest absolute Gasteiger partial charge is 0.277 e. The first-order valence-corrected chi connectivity index (χ1v) is 6.15. The van der Waals surface area contributed by atoms with Crippen molar-refractivity contribution in [1.29, 1.82) is 0 Å². The summed E-state index contributed by atoms with van der Waals surface area (Å²) in [6.07, 6.45) is 1.45. The van der Waals surface area contributed by atoms with Crippen molar-refractivity contribution in [1.82, 2.24) is 15.0 Å². The molecule has 0 radical (unpaired) electrons. The topological polar surface area (TPSA) is 59.8 Å². The summed E-state index contributed by atoms with van der Waals surface area (Å²) in [6, 6.07) is 7.79. The summed E-state index contributed by atoms with van der Waals surface area (Å²) >= 11 is 0. The van der Waals surface area contributed by atoms with Crippen molar-refractivity contribution in [2.24, 2.45) is 7.05 Å². The monoisotopic (exact) mass is 258 g/mol. The van der Waals surface area contributed by atoms with E-state index < -0.39 is 0 Å². The van der Waals surface area contributed by atoms with E-state index in [-0.39, 0.29) is 11.3 Å². The average Bonchev–Trinajstić information content (AvgIpc) is 2.75. The maximum absolute atomic E-state index is 12.1. The Morgan fingerprint density at radius 2 is 1.95 bits per heavy atom. The first-order valence-electron chi connectivity index (χ1n) is 6.15. The lowest BCUT2D eigenvalue weighted by molar-refractivity contribution is 0.102. The van der Waals surface area contributed by atoms with Crippen LogP contribution in [0.25, 0.3) is 0 Å². The molecule has 100 valence electrons. The summed E-state index contributed by atoms with van der Waals surface area (Å²) in [5.74, 6) is -0.246. The fourth-order valence-corrected chi connectivity index (χ4v) is 1.88. The molecule has 0 bridgehead atoms. The van der Waals surface area contributed by atoms with E-state index in [0.717, 1.165) is 11.3 Å². The lowest BCUT2D eigenvalue weighted by Crippen LogP contribution is -2.19. The third-order valence-electron chi connectivity index (χ3n) is 2.82. The van der Waals surface area contributed by atoms with Crippen LogP contribution < -0.4 is 5.32 Å². The highest BCUT2D eigenvalue weighted by molar-refractivity contribution is 6.03. The number of hydrogen-bond acceptors (Lipinski definition) is 3. The van der Waals surface area contributed by atoms with Crippen LogP contribution in [-0.2, 0) is 12.5 Å². The molecule has 1 aromatic heterocycles. The SMILES string of the molecule is Cn1ncc(C(=O)Nc2ccccc2C(C)(C)C)n1. The van der Waals surface area contributed by atoms with Gasteiger partial charge in [-0.3, -0.25) is 4.79 Å². The van der Waals surface area contributed by atoms with E-state index in [1.54, 1.807) is 7.05 Å². The zero-order valence-electron chi connectivity index (χ0n) is 11.6. The Bertz CT molecular complexity index is 595. The second-order valence-electron chi connectivity index (χ2n) is 5.47. The second kappa shape index (κ2) is 4.84. The van der Waals surface area contributed by atoms with Crippen molar-refractivity contribution in [3.63, 3.8) is 0 Å². The summed E-state index contributed by atoms with van der Waals surface area (Å²) in [6.45, 7) is 6.33. The maximum Gasteiger partial charge on any atom is 0.277 e. The zero-order valence-corrected chi connectivity index (χ0v) is 11.6. The molecule has 0 aliphatic heterocycles. The second-order valence-corrected chi connectivity index (χ2v) is 5.47. The molecule has 0 aliphatic rings. The van der Waals surface area contributed by atoms with Gasteiger partial charge in [0.1, 0.15) is 0 Å². The van der Waals surface area contributed by atoms with E-state index >= 15 is 0 Å². The third-order valence-corrected chi connectivity index (χ3v) is 2.82. The van der Waals surface area contributed by atoms with Crippen molar-refractivity contribution in [3.05, 3.63) is 41.7 Å². The molecule has 1 N–H and O–H groups in total. The fraction of sp³-hybridized carbons (Fsp3) is 0.357. The molecule has 2 rings (SSSR count). The van der Waals surface area contributed by atoms with Gasteiger partial charge in [-0.25, -0.2) is 0 Å². The average molecular weight is 258 g/mol. The molecule has 0 saturated heterocycles.